The normalized spacial score (nSPS) is 15.7. The van der Waals surface area contributed by atoms with Gasteiger partial charge in [0.2, 0.25) is 0 Å². The molecule has 1 N–H and O–H groups in total. The highest BCUT2D eigenvalue weighted by molar-refractivity contribution is 5.93. The van der Waals surface area contributed by atoms with Crippen LogP contribution in [-0.2, 0) is 7.05 Å². The van der Waals surface area contributed by atoms with Crippen LogP contribution in [0.1, 0.15) is 42.6 Å². The quantitative estimate of drug-likeness (QED) is 0.945. The van der Waals surface area contributed by atoms with E-state index in [4.69, 9.17) is 0 Å². The van der Waals surface area contributed by atoms with Gasteiger partial charge in [0.15, 0.2) is 0 Å². The van der Waals surface area contributed by atoms with E-state index in [1.165, 1.54) is 31.4 Å². The zero-order chi connectivity index (χ0) is 15.5. The summed E-state index contributed by atoms with van der Waals surface area (Å²) in [5.41, 5.74) is 2.01. The Balaban J connectivity index is 1.76. The van der Waals surface area contributed by atoms with E-state index in [9.17, 15) is 9.18 Å². The highest BCUT2D eigenvalue weighted by atomic mass is 19.1. The van der Waals surface area contributed by atoms with Gasteiger partial charge in [-0.3, -0.25) is 9.48 Å². The standard InChI is InChI=1S/C17H20FN3O/c1-21-16(17(22)19-14-5-3-2-4-6-14)11-15(20-21)12-7-9-13(18)10-8-12/h7-11,14H,2-6H2,1H3,(H,19,22). The van der Waals surface area contributed by atoms with Gasteiger partial charge in [-0.2, -0.15) is 5.10 Å². The summed E-state index contributed by atoms with van der Waals surface area (Å²) in [4.78, 5) is 12.4. The van der Waals surface area contributed by atoms with E-state index >= 15 is 0 Å². The Kier molecular flexibility index (Phi) is 4.22. The molecule has 0 saturated heterocycles. The van der Waals surface area contributed by atoms with Crippen molar-refractivity contribution in [2.24, 2.45) is 7.05 Å². The van der Waals surface area contributed by atoms with Gasteiger partial charge in [0.05, 0.1) is 5.69 Å². The summed E-state index contributed by atoms with van der Waals surface area (Å²) in [5, 5.41) is 7.45. The Morgan fingerprint density at radius 3 is 2.59 bits per heavy atom. The number of carbonyl (C=O) groups is 1. The molecule has 0 atom stereocenters. The number of nitrogens with zero attached hydrogens (tertiary/aromatic N) is 2. The van der Waals surface area contributed by atoms with E-state index in [-0.39, 0.29) is 17.8 Å². The van der Waals surface area contributed by atoms with Crippen LogP contribution in [0.2, 0.25) is 0 Å². The maximum Gasteiger partial charge on any atom is 0.269 e. The minimum absolute atomic E-state index is 0.0877. The van der Waals surface area contributed by atoms with Gasteiger partial charge in [-0.05, 0) is 43.2 Å². The van der Waals surface area contributed by atoms with Gasteiger partial charge in [-0.1, -0.05) is 19.3 Å². The van der Waals surface area contributed by atoms with E-state index in [1.807, 2.05) is 0 Å². The lowest BCUT2D eigenvalue weighted by molar-refractivity contribution is 0.0918. The maximum atomic E-state index is 13.0. The topological polar surface area (TPSA) is 46.9 Å². The number of benzene rings is 1. The third kappa shape index (κ3) is 3.18. The van der Waals surface area contributed by atoms with E-state index in [0.29, 0.717) is 11.4 Å². The highest BCUT2D eigenvalue weighted by Crippen LogP contribution is 2.21. The summed E-state index contributed by atoms with van der Waals surface area (Å²) >= 11 is 0. The first-order valence-electron chi connectivity index (χ1n) is 7.74. The van der Waals surface area contributed by atoms with Crippen LogP contribution in [0.25, 0.3) is 11.3 Å². The van der Waals surface area contributed by atoms with Crippen LogP contribution in [0.3, 0.4) is 0 Å². The lowest BCUT2D eigenvalue weighted by atomic mass is 9.95. The molecule has 4 nitrogen and oxygen atoms in total. The molecule has 0 aliphatic heterocycles. The van der Waals surface area contributed by atoms with Crippen LogP contribution in [0.4, 0.5) is 4.39 Å². The lowest BCUT2D eigenvalue weighted by Crippen LogP contribution is -2.37. The number of aryl methyl sites for hydroxylation is 1. The molecule has 22 heavy (non-hydrogen) atoms. The van der Waals surface area contributed by atoms with Crippen molar-refractivity contribution in [1.29, 1.82) is 0 Å². The number of rotatable bonds is 3. The number of nitrogens with one attached hydrogen (secondary N) is 1. The first kappa shape index (κ1) is 14.8. The fourth-order valence-electron chi connectivity index (χ4n) is 2.95. The van der Waals surface area contributed by atoms with Crippen LogP contribution < -0.4 is 5.32 Å². The van der Waals surface area contributed by atoms with Gasteiger partial charge in [0.25, 0.3) is 5.91 Å². The zero-order valence-electron chi connectivity index (χ0n) is 12.7. The van der Waals surface area contributed by atoms with Crippen LogP contribution in [0.15, 0.2) is 30.3 Å². The van der Waals surface area contributed by atoms with Crippen molar-refractivity contribution in [2.45, 2.75) is 38.1 Å². The molecule has 1 aliphatic carbocycles. The smallest absolute Gasteiger partial charge is 0.269 e. The average Bonchev–Trinajstić information content (AvgIpc) is 2.91. The average molecular weight is 301 g/mol. The molecule has 116 valence electrons. The molecule has 5 heteroatoms. The zero-order valence-corrected chi connectivity index (χ0v) is 12.7. The maximum absolute atomic E-state index is 13.0. The van der Waals surface area contributed by atoms with Crippen molar-refractivity contribution in [2.75, 3.05) is 0 Å². The number of hydrogen-bond acceptors (Lipinski definition) is 2. The summed E-state index contributed by atoms with van der Waals surface area (Å²) in [6.45, 7) is 0. The van der Waals surface area contributed by atoms with Crippen LogP contribution in [-0.4, -0.2) is 21.7 Å². The van der Waals surface area contributed by atoms with Crippen molar-refractivity contribution in [3.8, 4) is 11.3 Å². The predicted octanol–water partition coefficient (Wildman–Crippen LogP) is 3.29. The minimum Gasteiger partial charge on any atom is -0.348 e. The molecule has 0 unspecified atom stereocenters. The minimum atomic E-state index is -0.282. The predicted molar refractivity (Wildman–Crippen MR) is 82.9 cm³/mol. The molecule has 1 aromatic heterocycles. The summed E-state index contributed by atoms with van der Waals surface area (Å²) in [5.74, 6) is -0.370. The first-order valence-corrected chi connectivity index (χ1v) is 7.74. The molecule has 1 aromatic carbocycles. The summed E-state index contributed by atoms with van der Waals surface area (Å²) in [6.07, 6.45) is 5.71. The second-order valence-corrected chi connectivity index (χ2v) is 5.85. The van der Waals surface area contributed by atoms with E-state index in [1.54, 1.807) is 29.9 Å². The third-order valence-electron chi connectivity index (χ3n) is 4.19. The van der Waals surface area contributed by atoms with Gasteiger partial charge in [-0.25, -0.2) is 4.39 Å². The van der Waals surface area contributed by atoms with Crippen molar-refractivity contribution in [3.05, 3.63) is 41.8 Å². The largest absolute Gasteiger partial charge is 0.348 e. The summed E-state index contributed by atoms with van der Waals surface area (Å²) < 4.78 is 14.6. The van der Waals surface area contributed by atoms with Crippen LogP contribution in [0, 0.1) is 5.82 Å². The molecule has 0 bridgehead atoms. The number of aromatic nitrogens is 2. The molecule has 0 radical (unpaired) electrons. The first-order chi connectivity index (χ1) is 10.6. The third-order valence-corrected chi connectivity index (χ3v) is 4.19. The number of hydrogen-bond donors (Lipinski definition) is 1. The monoisotopic (exact) mass is 301 g/mol. The molecular formula is C17H20FN3O. The van der Waals surface area contributed by atoms with Gasteiger partial charge in [0, 0.05) is 18.7 Å². The Morgan fingerprint density at radius 2 is 1.91 bits per heavy atom. The molecule has 0 spiro atoms. The van der Waals surface area contributed by atoms with Crippen molar-refractivity contribution >= 4 is 5.91 Å². The molecule has 3 rings (SSSR count). The van der Waals surface area contributed by atoms with Crippen molar-refractivity contribution in [3.63, 3.8) is 0 Å². The Hall–Kier alpha value is -2.17. The highest BCUT2D eigenvalue weighted by Gasteiger charge is 2.19. The fourth-order valence-corrected chi connectivity index (χ4v) is 2.95. The summed E-state index contributed by atoms with van der Waals surface area (Å²) in [6, 6.07) is 8.15. The Morgan fingerprint density at radius 1 is 1.23 bits per heavy atom. The number of amides is 1. The molecule has 1 amide bonds. The molecule has 2 aromatic rings. The van der Waals surface area contributed by atoms with Gasteiger partial charge in [-0.15, -0.1) is 0 Å². The van der Waals surface area contributed by atoms with Gasteiger partial charge < -0.3 is 5.32 Å². The summed E-state index contributed by atoms with van der Waals surface area (Å²) in [7, 11) is 1.75. The molecule has 1 heterocycles. The fraction of sp³-hybridized carbons (Fsp3) is 0.412. The van der Waals surface area contributed by atoms with Crippen LogP contribution in [0.5, 0.6) is 0 Å². The van der Waals surface area contributed by atoms with Gasteiger partial charge >= 0.3 is 0 Å². The van der Waals surface area contributed by atoms with E-state index in [2.05, 4.69) is 10.4 Å². The van der Waals surface area contributed by atoms with Gasteiger partial charge in [0.1, 0.15) is 11.5 Å². The lowest BCUT2D eigenvalue weighted by Gasteiger charge is -2.22. The van der Waals surface area contributed by atoms with Crippen molar-refractivity contribution in [1.82, 2.24) is 15.1 Å². The van der Waals surface area contributed by atoms with E-state index < -0.39 is 0 Å². The van der Waals surface area contributed by atoms with Crippen LogP contribution >= 0.6 is 0 Å². The Labute approximate surface area is 129 Å². The second-order valence-electron chi connectivity index (χ2n) is 5.85. The van der Waals surface area contributed by atoms with E-state index in [0.717, 1.165) is 18.4 Å². The molecule has 1 saturated carbocycles. The number of carbonyl (C=O) groups excluding carboxylic acids is 1. The second kappa shape index (κ2) is 6.30. The molecular weight excluding hydrogens is 281 g/mol. The number of halogens is 1. The SMILES string of the molecule is Cn1nc(-c2ccc(F)cc2)cc1C(=O)NC1CCCCC1. The molecule has 1 fully saturated rings. The van der Waals surface area contributed by atoms with Crippen molar-refractivity contribution < 1.29 is 9.18 Å². The Bertz CT molecular complexity index is 657. The molecule has 1 aliphatic rings.